The first-order chi connectivity index (χ1) is 12.5. The SMILES string of the molecule is Cc1cc(NC(=O)COC(=O)c2ccc(N3CCOCC3)nc2)n(C)n1. The number of carbonyl (C=O) groups excluding carboxylic acids is 2. The van der Waals surface area contributed by atoms with Crippen LogP contribution in [0.4, 0.5) is 11.6 Å². The fourth-order valence-corrected chi connectivity index (χ4v) is 2.61. The summed E-state index contributed by atoms with van der Waals surface area (Å²) in [5.41, 5.74) is 1.08. The molecule has 1 aliphatic heterocycles. The predicted molar refractivity (Wildman–Crippen MR) is 94.1 cm³/mol. The Labute approximate surface area is 150 Å². The average molecular weight is 359 g/mol. The van der Waals surface area contributed by atoms with Crippen LogP contribution in [-0.4, -0.2) is 59.6 Å². The summed E-state index contributed by atoms with van der Waals surface area (Å²) in [6.45, 7) is 4.31. The van der Waals surface area contributed by atoms with Crippen molar-refractivity contribution in [3.05, 3.63) is 35.7 Å². The van der Waals surface area contributed by atoms with Crippen LogP contribution < -0.4 is 10.2 Å². The Balaban J connectivity index is 1.51. The molecule has 1 fully saturated rings. The first-order valence-corrected chi connectivity index (χ1v) is 8.29. The molecule has 1 aliphatic rings. The number of amides is 1. The Bertz CT molecular complexity index is 781. The highest BCUT2D eigenvalue weighted by atomic mass is 16.5. The van der Waals surface area contributed by atoms with E-state index in [4.69, 9.17) is 9.47 Å². The van der Waals surface area contributed by atoms with Crippen LogP contribution in [0.5, 0.6) is 0 Å². The lowest BCUT2D eigenvalue weighted by molar-refractivity contribution is -0.119. The Kier molecular flexibility index (Phi) is 5.47. The molecule has 138 valence electrons. The molecular formula is C17H21N5O4. The van der Waals surface area contributed by atoms with Crippen molar-refractivity contribution in [2.45, 2.75) is 6.92 Å². The number of anilines is 2. The number of carbonyl (C=O) groups is 2. The van der Waals surface area contributed by atoms with Crippen molar-refractivity contribution in [3.8, 4) is 0 Å². The number of pyridine rings is 1. The molecule has 0 unspecified atom stereocenters. The zero-order chi connectivity index (χ0) is 18.5. The number of hydrogen-bond acceptors (Lipinski definition) is 7. The zero-order valence-corrected chi connectivity index (χ0v) is 14.8. The summed E-state index contributed by atoms with van der Waals surface area (Å²) in [4.78, 5) is 30.3. The highest BCUT2D eigenvalue weighted by molar-refractivity contribution is 5.95. The van der Waals surface area contributed by atoms with E-state index in [0.29, 0.717) is 24.6 Å². The maximum Gasteiger partial charge on any atom is 0.340 e. The van der Waals surface area contributed by atoms with Gasteiger partial charge in [-0.05, 0) is 19.1 Å². The van der Waals surface area contributed by atoms with E-state index in [1.165, 1.54) is 6.20 Å². The van der Waals surface area contributed by atoms with E-state index in [-0.39, 0.29) is 6.61 Å². The first-order valence-electron chi connectivity index (χ1n) is 8.29. The van der Waals surface area contributed by atoms with E-state index < -0.39 is 11.9 Å². The summed E-state index contributed by atoms with van der Waals surface area (Å²) in [6.07, 6.45) is 1.45. The summed E-state index contributed by atoms with van der Waals surface area (Å²) in [5.74, 6) is 0.302. The van der Waals surface area contributed by atoms with Crippen LogP contribution in [0.3, 0.4) is 0 Å². The van der Waals surface area contributed by atoms with E-state index in [1.807, 2.05) is 6.92 Å². The number of aromatic nitrogens is 3. The van der Waals surface area contributed by atoms with Gasteiger partial charge in [-0.15, -0.1) is 0 Å². The van der Waals surface area contributed by atoms with E-state index in [1.54, 1.807) is 29.9 Å². The molecule has 1 amide bonds. The van der Waals surface area contributed by atoms with Gasteiger partial charge in [0, 0.05) is 32.4 Å². The van der Waals surface area contributed by atoms with Gasteiger partial charge in [0.05, 0.1) is 24.5 Å². The number of morpholine rings is 1. The maximum atomic E-state index is 12.1. The van der Waals surface area contributed by atoms with Gasteiger partial charge in [-0.25, -0.2) is 9.78 Å². The second-order valence-corrected chi connectivity index (χ2v) is 5.92. The third-order valence-electron chi connectivity index (χ3n) is 3.92. The van der Waals surface area contributed by atoms with Crippen molar-refractivity contribution in [1.29, 1.82) is 0 Å². The molecule has 0 spiro atoms. The molecule has 0 bridgehead atoms. The van der Waals surface area contributed by atoms with Crippen LogP contribution in [0.1, 0.15) is 16.1 Å². The summed E-state index contributed by atoms with van der Waals surface area (Å²) in [5, 5.41) is 6.77. The Morgan fingerprint density at radius 1 is 1.31 bits per heavy atom. The number of nitrogens with one attached hydrogen (secondary N) is 1. The molecule has 3 rings (SSSR count). The van der Waals surface area contributed by atoms with Crippen LogP contribution in [-0.2, 0) is 21.3 Å². The number of nitrogens with zero attached hydrogens (tertiary/aromatic N) is 4. The molecule has 9 nitrogen and oxygen atoms in total. The molecule has 1 saturated heterocycles. The minimum absolute atomic E-state index is 0.297. The Morgan fingerprint density at radius 2 is 2.08 bits per heavy atom. The second kappa shape index (κ2) is 7.96. The normalized spacial score (nSPS) is 14.2. The highest BCUT2D eigenvalue weighted by Crippen LogP contribution is 2.13. The average Bonchev–Trinajstić information content (AvgIpc) is 2.97. The maximum absolute atomic E-state index is 12.1. The number of ether oxygens (including phenoxy) is 2. The predicted octanol–water partition coefficient (Wildman–Crippen LogP) is 0.756. The number of aryl methyl sites for hydroxylation is 2. The number of esters is 1. The molecule has 2 aromatic rings. The molecule has 0 aliphatic carbocycles. The smallest absolute Gasteiger partial charge is 0.340 e. The van der Waals surface area contributed by atoms with Gasteiger partial charge in [0.15, 0.2) is 6.61 Å². The van der Waals surface area contributed by atoms with Gasteiger partial charge in [0.1, 0.15) is 11.6 Å². The van der Waals surface area contributed by atoms with Crippen LogP contribution in [0, 0.1) is 6.92 Å². The van der Waals surface area contributed by atoms with Crippen LogP contribution in [0.25, 0.3) is 0 Å². The highest BCUT2D eigenvalue weighted by Gasteiger charge is 2.15. The third kappa shape index (κ3) is 4.37. The minimum Gasteiger partial charge on any atom is -0.452 e. The summed E-state index contributed by atoms with van der Waals surface area (Å²) in [6, 6.07) is 5.14. The van der Waals surface area contributed by atoms with Crippen molar-refractivity contribution in [2.75, 3.05) is 43.1 Å². The van der Waals surface area contributed by atoms with Gasteiger partial charge in [-0.2, -0.15) is 5.10 Å². The fourth-order valence-electron chi connectivity index (χ4n) is 2.61. The van der Waals surface area contributed by atoms with Gasteiger partial charge < -0.3 is 19.7 Å². The molecule has 9 heteroatoms. The molecule has 3 heterocycles. The molecule has 0 atom stereocenters. The lowest BCUT2D eigenvalue weighted by Gasteiger charge is -2.27. The minimum atomic E-state index is -0.595. The number of hydrogen-bond donors (Lipinski definition) is 1. The van der Waals surface area contributed by atoms with Crippen molar-refractivity contribution in [2.24, 2.45) is 7.05 Å². The molecule has 2 aromatic heterocycles. The largest absolute Gasteiger partial charge is 0.452 e. The zero-order valence-electron chi connectivity index (χ0n) is 14.8. The van der Waals surface area contributed by atoms with Crippen LogP contribution in [0.15, 0.2) is 24.4 Å². The van der Waals surface area contributed by atoms with Gasteiger partial charge in [-0.3, -0.25) is 9.48 Å². The van der Waals surface area contributed by atoms with Gasteiger partial charge in [-0.1, -0.05) is 0 Å². The molecule has 26 heavy (non-hydrogen) atoms. The monoisotopic (exact) mass is 359 g/mol. The quantitative estimate of drug-likeness (QED) is 0.787. The van der Waals surface area contributed by atoms with Crippen molar-refractivity contribution < 1.29 is 19.1 Å². The fraction of sp³-hybridized carbons (Fsp3) is 0.412. The molecule has 0 radical (unpaired) electrons. The molecular weight excluding hydrogens is 338 g/mol. The summed E-state index contributed by atoms with van der Waals surface area (Å²) >= 11 is 0. The Hall–Kier alpha value is -2.94. The van der Waals surface area contributed by atoms with E-state index in [0.717, 1.165) is 24.6 Å². The number of rotatable bonds is 5. The topological polar surface area (TPSA) is 98.6 Å². The first kappa shape index (κ1) is 17.9. The lowest BCUT2D eigenvalue weighted by atomic mass is 10.2. The molecule has 1 N–H and O–H groups in total. The van der Waals surface area contributed by atoms with E-state index in [9.17, 15) is 9.59 Å². The van der Waals surface area contributed by atoms with Crippen molar-refractivity contribution in [3.63, 3.8) is 0 Å². The van der Waals surface area contributed by atoms with Gasteiger partial charge in [0.25, 0.3) is 5.91 Å². The van der Waals surface area contributed by atoms with Crippen LogP contribution >= 0.6 is 0 Å². The standard InChI is InChI=1S/C17H21N5O4/c1-12-9-15(21(2)20-12)19-16(23)11-26-17(24)13-3-4-14(18-10-13)22-5-7-25-8-6-22/h3-4,9-10H,5-8,11H2,1-2H3,(H,19,23). The lowest BCUT2D eigenvalue weighted by Crippen LogP contribution is -2.36. The van der Waals surface area contributed by atoms with Crippen molar-refractivity contribution in [1.82, 2.24) is 14.8 Å². The molecule has 0 aromatic carbocycles. The Morgan fingerprint density at radius 3 is 2.69 bits per heavy atom. The van der Waals surface area contributed by atoms with Crippen molar-refractivity contribution >= 4 is 23.5 Å². The summed E-state index contributed by atoms with van der Waals surface area (Å²) < 4.78 is 11.9. The molecule has 0 saturated carbocycles. The summed E-state index contributed by atoms with van der Waals surface area (Å²) in [7, 11) is 1.72. The van der Waals surface area contributed by atoms with Crippen LogP contribution in [0.2, 0.25) is 0 Å². The van der Waals surface area contributed by atoms with E-state index in [2.05, 4.69) is 20.3 Å². The third-order valence-corrected chi connectivity index (χ3v) is 3.92. The second-order valence-electron chi connectivity index (χ2n) is 5.92. The van der Waals surface area contributed by atoms with E-state index >= 15 is 0 Å². The van der Waals surface area contributed by atoms with Gasteiger partial charge in [0.2, 0.25) is 0 Å². The van der Waals surface area contributed by atoms with Gasteiger partial charge >= 0.3 is 5.97 Å².